The maximum Gasteiger partial charge on any atom is 0.387 e. The van der Waals surface area contributed by atoms with Gasteiger partial charge < -0.3 is 10.5 Å². The van der Waals surface area contributed by atoms with Gasteiger partial charge in [-0.2, -0.15) is 8.78 Å². The van der Waals surface area contributed by atoms with Gasteiger partial charge in [-0.25, -0.2) is 4.39 Å². The van der Waals surface area contributed by atoms with Gasteiger partial charge in [0.15, 0.2) is 0 Å². The van der Waals surface area contributed by atoms with Crippen LogP contribution in [0.4, 0.5) is 18.9 Å². The maximum atomic E-state index is 13.3. The van der Waals surface area contributed by atoms with Crippen LogP contribution >= 0.6 is 15.9 Å². The zero-order valence-corrected chi connectivity index (χ0v) is 12.8. The molecule has 0 atom stereocenters. The van der Waals surface area contributed by atoms with E-state index < -0.39 is 12.4 Å². The van der Waals surface area contributed by atoms with Gasteiger partial charge in [-0.15, -0.1) is 0 Å². The summed E-state index contributed by atoms with van der Waals surface area (Å²) in [6, 6.07) is 7.49. The average Bonchev–Trinajstić information content (AvgIpc) is 2.42. The van der Waals surface area contributed by atoms with Crippen molar-refractivity contribution in [3.8, 4) is 16.9 Å². The summed E-state index contributed by atoms with van der Waals surface area (Å²) in [5.74, 6) is -0.396. The number of benzene rings is 2. The summed E-state index contributed by atoms with van der Waals surface area (Å²) in [5.41, 5.74) is 7.72. The molecule has 112 valence electrons. The van der Waals surface area contributed by atoms with Crippen LogP contribution in [0.3, 0.4) is 0 Å². The van der Waals surface area contributed by atoms with Gasteiger partial charge in [0.1, 0.15) is 11.6 Å². The Balaban J connectivity index is 2.64. The van der Waals surface area contributed by atoms with Crippen LogP contribution < -0.4 is 10.5 Å². The van der Waals surface area contributed by atoms with E-state index in [1.165, 1.54) is 18.2 Å². The highest BCUT2D eigenvalue weighted by Gasteiger charge is 2.18. The minimum Gasteiger partial charge on any atom is -0.434 e. The summed E-state index contributed by atoms with van der Waals surface area (Å²) in [4.78, 5) is 0. The Bertz CT molecular complexity index is 662. The lowest BCUT2D eigenvalue weighted by Crippen LogP contribution is -2.07. The van der Waals surface area contributed by atoms with E-state index in [-0.39, 0.29) is 10.2 Å². The highest BCUT2D eigenvalue weighted by molar-refractivity contribution is 9.10. The first-order valence-electron chi connectivity index (χ1n) is 6.25. The minimum atomic E-state index is -2.96. The van der Waals surface area contributed by atoms with Gasteiger partial charge in [0, 0.05) is 16.8 Å². The van der Waals surface area contributed by atoms with Crippen LogP contribution in [0.1, 0.15) is 12.5 Å². The van der Waals surface area contributed by atoms with E-state index in [1.54, 1.807) is 19.1 Å². The second kappa shape index (κ2) is 6.39. The number of alkyl halides is 2. The Morgan fingerprint density at radius 3 is 2.52 bits per heavy atom. The Morgan fingerprint density at radius 2 is 1.95 bits per heavy atom. The quantitative estimate of drug-likeness (QED) is 0.779. The fraction of sp³-hybridized carbons (Fsp3) is 0.200. The van der Waals surface area contributed by atoms with Crippen LogP contribution in [-0.2, 0) is 6.42 Å². The van der Waals surface area contributed by atoms with Crippen LogP contribution in [-0.4, -0.2) is 6.61 Å². The lowest BCUT2D eigenvalue weighted by molar-refractivity contribution is -0.0499. The van der Waals surface area contributed by atoms with E-state index in [4.69, 9.17) is 5.73 Å². The van der Waals surface area contributed by atoms with Gasteiger partial charge in [-0.05, 0) is 52.2 Å². The van der Waals surface area contributed by atoms with Crippen LogP contribution in [0.25, 0.3) is 11.1 Å². The van der Waals surface area contributed by atoms with Crippen molar-refractivity contribution < 1.29 is 17.9 Å². The van der Waals surface area contributed by atoms with Crippen molar-refractivity contribution in [1.29, 1.82) is 0 Å². The summed E-state index contributed by atoms with van der Waals surface area (Å²) in [6.07, 6.45) is 0.449. The number of nitrogen functional groups attached to an aromatic ring is 1. The molecule has 2 aromatic rings. The first-order chi connectivity index (χ1) is 9.93. The van der Waals surface area contributed by atoms with Crippen LogP contribution in [0.2, 0.25) is 0 Å². The molecule has 2 rings (SSSR count). The number of halogens is 4. The number of hydrogen-bond acceptors (Lipinski definition) is 2. The van der Waals surface area contributed by atoms with Crippen molar-refractivity contribution in [2.24, 2.45) is 0 Å². The Kier molecular flexibility index (Phi) is 4.77. The fourth-order valence-electron chi connectivity index (χ4n) is 2.12. The van der Waals surface area contributed by atoms with E-state index in [1.807, 2.05) is 0 Å². The average molecular weight is 360 g/mol. The summed E-state index contributed by atoms with van der Waals surface area (Å²) in [7, 11) is 0. The largest absolute Gasteiger partial charge is 0.434 e. The lowest BCUT2D eigenvalue weighted by Gasteiger charge is -2.17. The van der Waals surface area contributed by atoms with Gasteiger partial charge in [0.05, 0.1) is 4.47 Å². The zero-order chi connectivity index (χ0) is 15.6. The zero-order valence-electron chi connectivity index (χ0n) is 11.2. The number of rotatable bonds is 4. The monoisotopic (exact) mass is 359 g/mol. The third-order valence-electron chi connectivity index (χ3n) is 3.09. The first kappa shape index (κ1) is 15.7. The van der Waals surface area contributed by atoms with E-state index in [9.17, 15) is 13.2 Å². The van der Waals surface area contributed by atoms with Crippen molar-refractivity contribution in [3.63, 3.8) is 0 Å². The molecule has 0 spiro atoms. The number of hydrogen-bond donors (Lipinski definition) is 1. The molecule has 0 aliphatic carbocycles. The van der Waals surface area contributed by atoms with Gasteiger partial charge in [0.25, 0.3) is 0 Å². The van der Waals surface area contributed by atoms with Gasteiger partial charge in [-0.1, -0.05) is 13.0 Å². The number of anilines is 1. The second-order valence-electron chi connectivity index (χ2n) is 4.37. The molecule has 0 aliphatic rings. The van der Waals surface area contributed by atoms with Crippen molar-refractivity contribution >= 4 is 21.6 Å². The molecule has 2 N–H and O–H groups in total. The first-order valence-corrected chi connectivity index (χ1v) is 7.05. The second-order valence-corrected chi connectivity index (χ2v) is 5.23. The van der Waals surface area contributed by atoms with Crippen molar-refractivity contribution in [2.75, 3.05) is 5.73 Å². The molecule has 0 amide bonds. The molecule has 0 unspecified atom stereocenters. The SMILES string of the molecule is CCc1c(N)ccc(-c2ccc(F)c(Br)c2)c1OC(F)F. The van der Waals surface area contributed by atoms with Crippen molar-refractivity contribution in [3.05, 3.63) is 46.2 Å². The standard InChI is InChI=1S/C15H13BrF3NO/c1-2-9-13(20)6-4-10(14(9)21-15(18)19)8-3-5-12(17)11(16)7-8/h3-7,15H,2,20H2,1H3. The molecule has 0 saturated carbocycles. The van der Waals surface area contributed by atoms with E-state index >= 15 is 0 Å². The topological polar surface area (TPSA) is 35.2 Å². The Morgan fingerprint density at radius 1 is 1.24 bits per heavy atom. The number of ether oxygens (including phenoxy) is 1. The molecule has 0 bridgehead atoms. The molecule has 0 radical (unpaired) electrons. The molecule has 0 saturated heterocycles. The van der Waals surface area contributed by atoms with Crippen LogP contribution in [0.5, 0.6) is 5.75 Å². The molecule has 6 heteroatoms. The van der Waals surface area contributed by atoms with E-state index in [2.05, 4.69) is 20.7 Å². The molecule has 0 aromatic heterocycles. The van der Waals surface area contributed by atoms with Gasteiger partial charge in [-0.3, -0.25) is 0 Å². The summed E-state index contributed by atoms with van der Waals surface area (Å²) in [6.45, 7) is -1.16. The maximum absolute atomic E-state index is 13.3. The third-order valence-corrected chi connectivity index (χ3v) is 3.70. The van der Waals surface area contributed by atoms with Crippen LogP contribution in [0, 0.1) is 5.82 Å². The normalized spacial score (nSPS) is 11.0. The van der Waals surface area contributed by atoms with Crippen molar-refractivity contribution in [2.45, 2.75) is 20.0 Å². The fourth-order valence-corrected chi connectivity index (χ4v) is 2.50. The summed E-state index contributed by atoms with van der Waals surface area (Å²) in [5, 5.41) is 0. The molecule has 2 aromatic carbocycles. The van der Waals surface area contributed by atoms with E-state index in [0.29, 0.717) is 28.8 Å². The Hall–Kier alpha value is -1.69. The highest BCUT2D eigenvalue weighted by Crippen LogP contribution is 2.38. The lowest BCUT2D eigenvalue weighted by atomic mass is 9.99. The summed E-state index contributed by atoms with van der Waals surface area (Å²) < 4.78 is 43.6. The van der Waals surface area contributed by atoms with Gasteiger partial charge >= 0.3 is 6.61 Å². The van der Waals surface area contributed by atoms with Gasteiger partial charge in [0.2, 0.25) is 0 Å². The van der Waals surface area contributed by atoms with Crippen LogP contribution in [0.15, 0.2) is 34.8 Å². The molecule has 21 heavy (non-hydrogen) atoms. The predicted molar refractivity (Wildman–Crippen MR) is 80.0 cm³/mol. The number of nitrogens with two attached hydrogens (primary N) is 1. The molecular formula is C15H13BrF3NO. The van der Waals surface area contributed by atoms with Crippen molar-refractivity contribution in [1.82, 2.24) is 0 Å². The highest BCUT2D eigenvalue weighted by atomic mass is 79.9. The smallest absolute Gasteiger partial charge is 0.387 e. The third kappa shape index (κ3) is 3.32. The van der Waals surface area contributed by atoms with E-state index in [0.717, 1.165) is 0 Å². The molecule has 0 fully saturated rings. The molecule has 2 nitrogen and oxygen atoms in total. The Labute approximate surface area is 128 Å². The predicted octanol–water partition coefficient (Wildman–Crippen LogP) is 5.00. The molecule has 0 heterocycles. The molecular weight excluding hydrogens is 347 g/mol. The summed E-state index contributed by atoms with van der Waals surface area (Å²) >= 11 is 3.08. The minimum absolute atomic E-state index is 0.0333. The molecule has 0 aliphatic heterocycles.